The Hall–Kier alpha value is -6.64. The van der Waals surface area contributed by atoms with Gasteiger partial charge < -0.3 is 9.13 Å². The first-order valence-corrected chi connectivity index (χ1v) is 20.0. The number of rotatable bonds is 7. The SMILES string of the molecule is C/C=C\c1c(C)c2ccc(-c3ccc4c(c3)c3c(n4-c4cc(-c5ccccc5)cc(-c5ccccc5)c4)CCC=C3)cc2n1C1=CC=C(c2ccccc2)CC1. The van der Waals surface area contributed by atoms with Crippen molar-refractivity contribution in [2.24, 2.45) is 0 Å². The molecule has 0 radical (unpaired) electrons. The van der Waals surface area contributed by atoms with E-state index >= 15 is 0 Å². The number of nitrogens with zero attached hydrogens (tertiary/aromatic N) is 2. The van der Waals surface area contributed by atoms with Crippen LogP contribution in [0.1, 0.15) is 54.3 Å². The number of benzene rings is 6. The molecule has 0 N–H and O–H groups in total. The molecule has 0 unspecified atom stereocenters. The van der Waals surface area contributed by atoms with Crippen molar-refractivity contribution < 1.29 is 0 Å². The molecule has 0 amide bonds. The van der Waals surface area contributed by atoms with Crippen LogP contribution in [0.4, 0.5) is 0 Å². The molecule has 8 aromatic rings. The summed E-state index contributed by atoms with van der Waals surface area (Å²) in [6.07, 6.45) is 17.9. The molecule has 0 aliphatic heterocycles. The lowest BCUT2D eigenvalue weighted by Gasteiger charge is -2.19. The standard InChI is InChI=1S/C54H44N2/c1-3-15-51-37(2)48-30-26-43(36-54(48)55(51)46-28-24-41(25-29-46)38-16-7-4-8-17-38)42-27-31-53-50(35-42)49-22-13-14-23-52(49)56(53)47-33-44(39-18-9-5-10-19-39)32-45(34-47)40-20-11-6-12-21-40/h3-13,15-22,24,26-28,30-36H,14,23,25,29H2,1-2H3/b15-3-. The second-order valence-corrected chi connectivity index (χ2v) is 15.2. The molecular weight excluding hydrogens is 677 g/mol. The lowest BCUT2D eigenvalue weighted by atomic mass is 9.95. The molecule has 10 rings (SSSR count). The van der Waals surface area contributed by atoms with Gasteiger partial charge in [-0.3, -0.25) is 0 Å². The molecular formula is C54H44N2. The summed E-state index contributed by atoms with van der Waals surface area (Å²) in [5, 5.41) is 2.61. The molecule has 2 aromatic heterocycles. The largest absolute Gasteiger partial charge is 0.313 e. The zero-order valence-corrected chi connectivity index (χ0v) is 32.0. The molecule has 0 fully saturated rings. The third-order valence-corrected chi connectivity index (χ3v) is 11.8. The van der Waals surface area contributed by atoms with Crippen LogP contribution < -0.4 is 0 Å². The number of allylic oxidation sites excluding steroid dienone is 6. The minimum atomic E-state index is 0.994. The molecule has 6 aromatic carbocycles. The highest BCUT2D eigenvalue weighted by atomic mass is 15.0. The Labute approximate surface area is 329 Å². The summed E-state index contributed by atoms with van der Waals surface area (Å²) in [5.74, 6) is 0. The number of aromatic nitrogens is 2. The van der Waals surface area contributed by atoms with Crippen molar-refractivity contribution in [2.75, 3.05) is 0 Å². The minimum Gasteiger partial charge on any atom is -0.313 e. The van der Waals surface area contributed by atoms with E-state index in [1.54, 1.807) is 0 Å². The van der Waals surface area contributed by atoms with E-state index in [0.717, 1.165) is 25.7 Å². The van der Waals surface area contributed by atoms with E-state index in [1.165, 1.54) is 100 Å². The van der Waals surface area contributed by atoms with Crippen LogP contribution in [0.2, 0.25) is 0 Å². The van der Waals surface area contributed by atoms with E-state index in [-0.39, 0.29) is 0 Å². The van der Waals surface area contributed by atoms with E-state index in [4.69, 9.17) is 0 Å². The van der Waals surface area contributed by atoms with Gasteiger partial charge in [-0.15, -0.1) is 0 Å². The first-order chi connectivity index (χ1) is 27.6. The van der Waals surface area contributed by atoms with Gasteiger partial charge in [0, 0.05) is 39.1 Å². The molecule has 0 atom stereocenters. The van der Waals surface area contributed by atoms with Crippen LogP contribution in [-0.4, -0.2) is 9.13 Å². The van der Waals surface area contributed by atoms with Crippen molar-refractivity contribution in [3.8, 4) is 39.1 Å². The zero-order valence-electron chi connectivity index (χ0n) is 32.0. The Morgan fingerprint density at radius 3 is 1.84 bits per heavy atom. The second kappa shape index (κ2) is 14.2. The number of fused-ring (bicyclic) bond motifs is 4. The average molecular weight is 721 g/mol. The number of hydrogen-bond donors (Lipinski definition) is 0. The lowest BCUT2D eigenvalue weighted by molar-refractivity contribution is 0.889. The summed E-state index contributed by atoms with van der Waals surface area (Å²) in [6, 6.07) is 53.6. The molecule has 0 saturated heterocycles. The predicted molar refractivity (Wildman–Crippen MR) is 240 cm³/mol. The number of aryl methyl sites for hydroxylation is 1. The van der Waals surface area contributed by atoms with Crippen molar-refractivity contribution >= 4 is 45.2 Å². The highest BCUT2D eigenvalue weighted by molar-refractivity contribution is 5.99. The Kier molecular flexibility index (Phi) is 8.60. The predicted octanol–water partition coefficient (Wildman–Crippen LogP) is 14.6. The summed E-state index contributed by atoms with van der Waals surface area (Å²) in [5.41, 5.74) is 20.5. The first kappa shape index (κ1) is 33.9. The van der Waals surface area contributed by atoms with Gasteiger partial charge >= 0.3 is 0 Å². The first-order valence-electron chi connectivity index (χ1n) is 20.0. The molecule has 270 valence electrons. The summed E-state index contributed by atoms with van der Waals surface area (Å²) < 4.78 is 5.04. The van der Waals surface area contributed by atoms with Gasteiger partial charge in [0.2, 0.25) is 0 Å². The fourth-order valence-corrected chi connectivity index (χ4v) is 9.05. The van der Waals surface area contributed by atoms with Crippen molar-refractivity contribution in [1.82, 2.24) is 9.13 Å². The summed E-state index contributed by atoms with van der Waals surface area (Å²) in [4.78, 5) is 0. The van der Waals surface area contributed by atoms with Gasteiger partial charge in [-0.25, -0.2) is 0 Å². The fraction of sp³-hybridized carbons (Fsp3) is 0.111. The maximum atomic E-state index is 2.53. The van der Waals surface area contributed by atoms with E-state index in [9.17, 15) is 0 Å². The van der Waals surface area contributed by atoms with Crippen molar-refractivity contribution in [3.05, 3.63) is 198 Å². The van der Waals surface area contributed by atoms with Crippen LogP contribution in [0, 0.1) is 6.92 Å². The molecule has 2 nitrogen and oxygen atoms in total. The van der Waals surface area contributed by atoms with Crippen LogP contribution in [0.25, 0.3) is 84.3 Å². The third kappa shape index (κ3) is 5.90. The summed E-state index contributed by atoms with van der Waals surface area (Å²) >= 11 is 0. The molecule has 2 aliphatic carbocycles. The van der Waals surface area contributed by atoms with Gasteiger partial charge in [-0.05, 0) is 138 Å². The van der Waals surface area contributed by atoms with Gasteiger partial charge in [0.1, 0.15) is 0 Å². The Morgan fingerprint density at radius 1 is 0.518 bits per heavy atom. The minimum absolute atomic E-state index is 0.994. The van der Waals surface area contributed by atoms with Crippen molar-refractivity contribution in [2.45, 2.75) is 39.5 Å². The lowest BCUT2D eigenvalue weighted by Crippen LogP contribution is -2.03. The topological polar surface area (TPSA) is 9.86 Å². The fourth-order valence-electron chi connectivity index (χ4n) is 9.05. The van der Waals surface area contributed by atoms with Gasteiger partial charge in [-0.2, -0.15) is 0 Å². The Bertz CT molecular complexity index is 2830. The molecule has 2 heteroatoms. The Balaban J connectivity index is 1.12. The van der Waals surface area contributed by atoms with Crippen molar-refractivity contribution in [1.29, 1.82) is 0 Å². The van der Waals surface area contributed by atoms with Crippen LogP contribution >= 0.6 is 0 Å². The van der Waals surface area contributed by atoms with Crippen molar-refractivity contribution in [3.63, 3.8) is 0 Å². The third-order valence-electron chi connectivity index (χ3n) is 11.8. The normalized spacial score (nSPS) is 14.0. The van der Waals surface area contributed by atoms with Gasteiger partial charge in [-0.1, -0.05) is 133 Å². The van der Waals surface area contributed by atoms with Crippen LogP contribution in [0.15, 0.2) is 170 Å². The van der Waals surface area contributed by atoms with E-state index in [1.807, 2.05) is 0 Å². The van der Waals surface area contributed by atoms with Crippen LogP contribution in [0.3, 0.4) is 0 Å². The molecule has 2 aliphatic rings. The summed E-state index contributed by atoms with van der Waals surface area (Å²) in [7, 11) is 0. The van der Waals surface area contributed by atoms with Gasteiger partial charge in [0.05, 0.1) is 11.0 Å². The maximum Gasteiger partial charge on any atom is 0.0540 e. The van der Waals surface area contributed by atoms with Gasteiger partial charge in [0.25, 0.3) is 0 Å². The molecule has 0 bridgehead atoms. The maximum absolute atomic E-state index is 2.53. The monoisotopic (exact) mass is 720 g/mol. The quantitative estimate of drug-likeness (QED) is 0.155. The van der Waals surface area contributed by atoms with Crippen LogP contribution in [0.5, 0.6) is 0 Å². The average Bonchev–Trinajstić information content (AvgIpc) is 3.75. The van der Waals surface area contributed by atoms with Crippen LogP contribution in [-0.2, 0) is 6.42 Å². The van der Waals surface area contributed by atoms with Gasteiger partial charge in [0.15, 0.2) is 0 Å². The Morgan fingerprint density at radius 2 is 1.18 bits per heavy atom. The molecule has 0 spiro atoms. The summed E-state index contributed by atoms with van der Waals surface area (Å²) in [6.45, 7) is 4.39. The van der Waals surface area contributed by atoms with E-state index < -0.39 is 0 Å². The molecule has 2 heterocycles. The smallest absolute Gasteiger partial charge is 0.0540 e. The second-order valence-electron chi connectivity index (χ2n) is 15.2. The highest BCUT2D eigenvalue weighted by Crippen LogP contribution is 2.41. The highest BCUT2D eigenvalue weighted by Gasteiger charge is 2.22. The van der Waals surface area contributed by atoms with E-state index in [0.29, 0.717) is 0 Å². The zero-order chi connectivity index (χ0) is 37.6. The molecule has 0 saturated carbocycles. The number of hydrogen-bond acceptors (Lipinski definition) is 0. The van der Waals surface area contributed by atoms with E-state index in [2.05, 4.69) is 205 Å². The molecule has 56 heavy (non-hydrogen) atoms.